The van der Waals surface area contributed by atoms with Gasteiger partial charge in [-0.3, -0.25) is 19.1 Å². The number of nitrogens with one attached hydrogen (secondary N) is 1. The van der Waals surface area contributed by atoms with Crippen molar-refractivity contribution >= 4 is 35.1 Å². The lowest BCUT2D eigenvalue weighted by Crippen LogP contribution is -2.24. The molecule has 164 valence electrons. The third-order valence-corrected chi connectivity index (χ3v) is 7.18. The van der Waals surface area contributed by atoms with E-state index in [0.717, 1.165) is 34.8 Å². The summed E-state index contributed by atoms with van der Waals surface area (Å²) in [4.78, 5) is 35.7. The second kappa shape index (κ2) is 9.64. The van der Waals surface area contributed by atoms with E-state index in [1.807, 2.05) is 72.8 Å². The number of carbonyl (C=O) groups excluding carboxylic acids is 1. The first-order valence-corrected chi connectivity index (χ1v) is 12.4. The first-order chi connectivity index (χ1) is 16.2. The number of aromatic nitrogens is 3. The van der Waals surface area contributed by atoms with Crippen LogP contribution in [0.2, 0.25) is 0 Å². The minimum Gasteiger partial charge on any atom is -0.324 e. The van der Waals surface area contributed by atoms with Crippen LogP contribution < -0.4 is 10.9 Å². The van der Waals surface area contributed by atoms with Crippen LogP contribution in [0.4, 0.5) is 5.69 Å². The van der Waals surface area contributed by atoms with Crippen LogP contribution in [-0.2, 0) is 11.2 Å². The molecule has 1 amide bonds. The highest BCUT2D eigenvalue weighted by Crippen LogP contribution is 2.30. The second-order valence-corrected chi connectivity index (χ2v) is 9.43. The van der Waals surface area contributed by atoms with E-state index in [4.69, 9.17) is 4.98 Å². The Bertz CT molecular complexity index is 1340. The zero-order chi connectivity index (χ0) is 22.6. The topological polar surface area (TPSA) is 76.9 Å². The second-order valence-electron chi connectivity index (χ2n) is 7.38. The number of aryl methyl sites for hydroxylation is 1. The molecule has 0 bridgehead atoms. The number of amides is 1. The Balaban J connectivity index is 1.32. The standard InChI is InChI=1S/C25H20N4O2S2/c30-22(27-18-11-12-20(26-15-18)17-7-3-1-4-8-17)16-33-25-28-21-13-14-32-23(21)24(31)29(25)19-9-5-2-6-10-19/h1-12,15H,13-14,16H2,(H,27,30). The van der Waals surface area contributed by atoms with Crippen molar-refractivity contribution in [3.63, 3.8) is 0 Å². The van der Waals surface area contributed by atoms with Crippen molar-refractivity contribution in [3.05, 3.63) is 95.0 Å². The fourth-order valence-electron chi connectivity index (χ4n) is 3.57. The van der Waals surface area contributed by atoms with Gasteiger partial charge in [-0.15, -0.1) is 11.8 Å². The maximum absolute atomic E-state index is 13.1. The first-order valence-electron chi connectivity index (χ1n) is 10.5. The number of rotatable bonds is 6. The van der Waals surface area contributed by atoms with E-state index >= 15 is 0 Å². The lowest BCUT2D eigenvalue weighted by Gasteiger charge is -2.13. The van der Waals surface area contributed by atoms with Gasteiger partial charge in [-0.05, 0) is 24.3 Å². The molecule has 2 aromatic heterocycles. The van der Waals surface area contributed by atoms with E-state index in [0.29, 0.717) is 15.7 Å². The number of thioether (sulfide) groups is 2. The largest absolute Gasteiger partial charge is 0.324 e. The Kier molecular flexibility index (Phi) is 6.28. The molecule has 0 saturated carbocycles. The summed E-state index contributed by atoms with van der Waals surface area (Å²) >= 11 is 2.81. The molecule has 6 nitrogen and oxygen atoms in total. The molecule has 0 saturated heterocycles. The van der Waals surface area contributed by atoms with Crippen LogP contribution in [0.1, 0.15) is 5.69 Å². The van der Waals surface area contributed by atoms with Gasteiger partial charge in [-0.2, -0.15) is 0 Å². The average molecular weight is 473 g/mol. The molecule has 3 heterocycles. The van der Waals surface area contributed by atoms with E-state index in [2.05, 4.69) is 10.3 Å². The maximum atomic E-state index is 13.1. The predicted octanol–water partition coefficient (Wildman–Crippen LogP) is 4.67. The number of hydrogen-bond donors (Lipinski definition) is 1. The summed E-state index contributed by atoms with van der Waals surface area (Å²) in [7, 11) is 0. The van der Waals surface area contributed by atoms with Gasteiger partial charge in [0.15, 0.2) is 5.16 Å². The van der Waals surface area contributed by atoms with E-state index in [1.165, 1.54) is 11.8 Å². The van der Waals surface area contributed by atoms with E-state index in [9.17, 15) is 9.59 Å². The van der Waals surface area contributed by atoms with Gasteiger partial charge in [0.2, 0.25) is 5.91 Å². The summed E-state index contributed by atoms with van der Waals surface area (Å²) in [6.45, 7) is 0. The van der Waals surface area contributed by atoms with Crippen LogP contribution in [-0.4, -0.2) is 31.9 Å². The van der Waals surface area contributed by atoms with Crippen molar-refractivity contribution in [2.24, 2.45) is 0 Å². The number of anilines is 1. The maximum Gasteiger partial charge on any atom is 0.272 e. The van der Waals surface area contributed by atoms with Crippen LogP contribution in [0.25, 0.3) is 16.9 Å². The number of carbonyl (C=O) groups is 1. The smallest absolute Gasteiger partial charge is 0.272 e. The molecule has 4 aromatic rings. The summed E-state index contributed by atoms with van der Waals surface area (Å²) in [5.74, 6) is 0.802. The zero-order valence-corrected chi connectivity index (χ0v) is 19.2. The average Bonchev–Trinajstić information content (AvgIpc) is 3.33. The quantitative estimate of drug-likeness (QED) is 0.325. The van der Waals surface area contributed by atoms with Crippen molar-refractivity contribution in [1.82, 2.24) is 14.5 Å². The van der Waals surface area contributed by atoms with E-state index in [1.54, 1.807) is 22.5 Å². The van der Waals surface area contributed by atoms with Crippen molar-refractivity contribution in [3.8, 4) is 16.9 Å². The molecular formula is C25H20N4O2S2. The van der Waals surface area contributed by atoms with Crippen molar-refractivity contribution in [1.29, 1.82) is 0 Å². The van der Waals surface area contributed by atoms with Gasteiger partial charge < -0.3 is 5.32 Å². The Morgan fingerprint density at radius 2 is 1.79 bits per heavy atom. The Hall–Kier alpha value is -3.36. The number of para-hydroxylation sites is 1. The summed E-state index contributed by atoms with van der Waals surface area (Å²) in [6, 6.07) is 23.0. The van der Waals surface area contributed by atoms with Crippen molar-refractivity contribution < 1.29 is 4.79 Å². The zero-order valence-electron chi connectivity index (χ0n) is 17.6. The molecule has 0 fully saturated rings. The molecule has 0 aliphatic carbocycles. The Morgan fingerprint density at radius 1 is 1.03 bits per heavy atom. The van der Waals surface area contributed by atoms with Crippen LogP contribution in [0.3, 0.4) is 0 Å². The molecule has 0 unspecified atom stereocenters. The van der Waals surface area contributed by atoms with Crippen LogP contribution in [0, 0.1) is 0 Å². The molecule has 0 radical (unpaired) electrons. The van der Waals surface area contributed by atoms with Gasteiger partial charge in [0.05, 0.1) is 39.6 Å². The lowest BCUT2D eigenvalue weighted by atomic mass is 10.1. The molecule has 2 aromatic carbocycles. The summed E-state index contributed by atoms with van der Waals surface area (Å²) in [5.41, 5.74) is 3.98. The predicted molar refractivity (Wildman–Crippen MR) is 133 cm³/mol. The molecular weight excluding hydrogens is 452 g/mol. The normalized spacial score (nSPS) is 12.4. The van der Waals surface area contributed by atoms with Gasteiger partial charge in [-0.25, -0.2) is 4.98 Å². The van der Waals surface area contributed by atoms with Gasteiger partial charge in [-0.1, -0.05) is 60.3 Å². The van der Waals surface area contributed by atoms with Gasteiger partial charge in [0.25, 0.3) is 5.56 Å². The summed E-state index contributed by atoms with van der Waals surface area (Å²) in [6.07, 6.45) is 2.42. The van der Waals surface area contributed by atoms with Crippen LogP contribution in [0.15, 0.2) is 93.8 Å². The highest BCUT2D eigenvalue weighted by atomic mass is 32.2. The van der Waals surface area contributed by atoms with E-state index in [-0.39, 0.29) is 17.2 Å². The molecule has 0 spiro atoms. The molecule has 8 heteroatoms. The number of pyridine rings is 1. The number of benzene rings is 2. The van der Waals surface area contributed by atoms with Crippen molar-refractivity contribution in [2.75, 3.05) is 16.8 Å². The van der Waals surface area contributed by atoms with E-state index < -0.39 is 0 Å². The first kappa shape index (κ1) is 21.5. The number of nitrogens with zero attached hydrogens (tertiary/aromatic N) is 3. The minimum atomic E-state index is -0.182. The molecule has 1 N–H and O–H groups in total. The third-order valence-electron chi connectivity index (χ3n) is 5.13. The minimum absolute atomic E-state index is 0.0719. The summed E-state index contributed by atoms with van der Waals surface area (Å²) in [5, 5.41) is 3.40. The molecule has 0 atom stereocenters. The van der Waals surface area contributed by atoms with Crippen molar-refractivity contribution in [2.45, 2.75) is 16.5 Å². The van der Waals surface area contributed by atoms with Crippen LogP contribution >= 0.6 is 23.5 Å². The number of hydrogen-bond acceptors (Lipinski definition) is 6. The Labute approximate surface area is 199 Å². The highest BCUT2D eigenvalue weighted by molar-refractivity contribution is 8.00. The highest BCUT2D eigenvalue weighted by Gasteiger charge is 2.23. The van der Waals surface area contributed by atoms with Crippen LogP contribution in [0.5, 0.6) is 0 Å². The summed E-state index contributed by atoms with van der Waals surface area (Å²) < 4.78 is 1.60. The monoisotopic (exact) mass is 472 g/mol. The molecule has 1 aliphatic rings. The lowest BCUT2D eigenvalue weighted by molar-refractivity contribution is -0.113. The number of fused-ring (bicyclic) bond motifs is 1. The van der Waals surface area contributed by atoms with Gasteiger partial charge in [0, 0.05) is 17.7 Å². The van der Waals surface area contributed by atoms with Gasteiger partial charge in [0.1, 0.15) is 0 Å². The molecule has 5 rings (SSSR count). The fraction of sp³-hybridized carbons (Fsp3) is 0.120. The third kappa shape index (κ3) is 4.72. The molecule has 33 heavy (non-hydrogen) atoms. The fourth-order valence-corrected chi connectivity index (χ4v) is 5.42. The Morgan fingerprint density at radius 3 is 2.52 bits per heavy atom. The molecule has 1 aliphatic heterocycles. The SMILES string of the molecule is O=C(CSc1nc2c(c(=O)n1-c1ccccc1)SCC2)Nc1ccc(-c2ccccc2)nc1. The van der Waals surface area contributed by atoms with Gasteiger partial charge >= 0.3 is 0 Å².